The lowest BCUT2D eigenvalue weighted by atomic mass is 10.1. The van der Waals surface area contributed by atoms with Crippen molar-refractivity contribution >= 4 is 17.7 Å². The second-order valence-electron chi connectivity index (χ2n) is 4.73. The number of nitrogens with one attached hydrogen (secondary N) is 2. The van der Waals surface area contributed by atoms with E-state index in [0.717, 1.165) is 0 Å². The number of anilines is 1. The lowest BCUT2D eigenvalue weighted by Crippen LogP contribution is -2.44. The van der Waals surface area contributed by atoms with E-state index in [2.05, 4.69) is 10.6 Å². The van der Waals surface area contributed by atoms with Gasteiger partial charge in [0, 0.05) is 12.1 Å². The average Bonchev–Trinajstić information content (AvgIpc) is 2.49. The molecule has 0 saturated heterocycles. The van der Waals surface area contributed by atoms with E-state index in [1.54, 1.807) is 36.4 Å². The van der Waals surface area contributed by atoms with Crippen LogP contribution in [0.4, 0.5) is 10.5 Å². The van der Waals surface area contributed by atoms with Crippen molar-refractivity contribution in [1.29, 1.82) is 0 Å². The van der Waals surface area contributed by atoms with Crippen LogP contribution in [0.25, 0.3) is 0 Å². The molecular formula is C16H16N2O4. The summed E-state index contributed by atoms with van der Waals surface area (Å²) in [7, 11) is 0. The number of hydrogen-bond donors (Lipinski definition) is 4. The monoisotopic (exact) mass is 300 g/mol. The van der Waals surface area contributed by atoms with Crippen molar-refractivity contribution in [1.82, 2.24) is 5.32 Å². The Kier molecular flexibility index (Phi) is 4.98. The van der Waals surface area contributed by atoms with Crippen molar-refractivity contribution in [3.63, 3.8) is 0 Å². The largest absolute Gasteiger partial charge is 0.508 e. The number of hydrogen-bond acceptors (Lipinski definition) is 3. The molecule has 2 aromatic rings. The molecule has 0 heterocycles. The highest BCUT2D eigenvalue weighted by Crippen LogP contribution is 2.12. The molecule has 4 N–H and O–H groups in total. The number of amides is 2. The zero-order valence-electron chi connectivity index (χ0n) is 11.7. The van der Waals surface area contributed by atoms with Gasteiger partial charge in [0.05, 0.1) is 0 Å². The number of urea groups is 1. The summed E-state index contributed by atoms with van der Waals surface area (Å²) in [6.45, 7) is 0. The first kappa shape index (κ1) is 15.4. The second-order valence-corrected chi connectivity index (χ2v) is 4.73. The molecule has 2 rings (SSSR count). The smallest absolute Gasteiger partial charge is 0.326 e. The van der Waals surface area contributed by atoms with Gasteiger partial charge in [0.2, 0.25) is 0 Å². The van der Waals surface area contributed by atoms with Gasteiger partial charge < -0.3 is 20.8 Å². The third-order valence-corrected chi connectivity index (χ3v) is 3.01. The topological polar surface area (TPSA) is 98.7 Å². The predicted octanol–water partition coefficient (Wildman–Crippen LogP) is 2.21. The molecule has 6 nitrogen and oxygen atoms in total. The maximum absolute atomic E-state index is 11.8. The number of para-hydroxylation sites is 1. The summed E-state index contributed by atoms with van der Waals surface area (Å²) < 4.78 is 0. The van der Waals surface area contributed by atoms with Gasteiger partial charge in [-0.2, -0.15) is 0 Å². The molecule has 0 aliphatic carbocycles. The summed E-state index contributed by atoms with van der Waals surface area (Å²) in [6, 6.07) is 13.3. The number of carbonyl (C=O) groups is 2. The van der Waals surface area contributed by atoms with Gasteiger partial charge >= 0.3 is 12.0 Å². The lowest BCUT2D eigenvalue weighted by Gasteiger charge is -2.15. The zero-order valence-corrected chi connectivity index (χ0v) is 11.7. The summed E-state index contributed by atoms with van der Waals surface area (Å²) in [5.41, 5.74) is 1.28. The van der Waals surface area contributed by atoms with Crippen molar-refractivity contribution in [2.45, 2.75) is 12.5 Å². The van der Waals surface area contributed by atoms with E-state index >= 15 is 0 Å². The molecule has 0 aliphatic rings. The molecule has 2 amide bonds. The van der Waals surface area contributed by atoms with E-state index in [-0.39, 0.29) is 12.2 Å². The van der Waals surface area contributed by atoms with Gasteiger partial charge in [-0.25, -0.2) is 9.59 Å². The van der Waals surface area contributed by atoms with Gasteiger partial charge in [0.1, 0.15) is 11.8 Å². The van der Waals surface area contributed by atoms with Crippen molar-refractivity contribution < 1.29 is 19.8 Å². The maximum Gasteiger partial charge on any atom is 0.326 e. The normalized spacial score (nSPS) is 11.5. The van der Waals surface area contributed by atoms with Crippen molar-refractivity contribution in [3.05, 3.63) is 60.2 Å². The Labute approximate surface area is 127 Å². The van der Waals surface area contributed by atoms with E-state index in [9.17, 15) is 19.8 Å². The summed E-state index contributed by atoms with van der Waals surface area (Å²) in [6.07, 6.45) is 0.123. The molecule has 1 atom stereocenters. The molecule has 2 aromatic carbocycles. The van der Waals surface area contributed by atoms with Crippen LogP contribution in [-0.4, -0.2) is 28.3 Å². The number of rotatable bonds is 5. The third kappa shape index (κ3) is 4.52. The summed E-state index contributed by atoms with van der Waals surface area (Å²) in [5, 5.41) is 23.4. The van der Waals surface area contributed by atoms with Crippen LogP contribution >= 0.6 is 0 Å². The predicted molar refractivity (Wildman–Crippen MR) is 81.8 cm³/mol. The Morgan fingerprint density at radius 1 is 1.00 bits per heavy atom. The molecule has 0 bridgehead atoms. The van der Waals surface area contributed by atoms with Gasteiger partial charge in [-0.1, -0.05) is 30.3 Å². The first-order chi connectivity index (χ1) is 10.5. The minimum atomic E-state index is -1.13. The van der Waals surface area contributed by atoms with Gasteiger partial charge in [-0.15, -0.1) is 0 Å². The number of benzene rings is 2. The highest BCUT2D eigenvalue weighted by atomic mass is 16.4. The Balaban J connectivity index is 1.98. The quantitative estimate of drug-likeness (QED) is 0.680. The fourth-order valence-corrected chi connectivity index (χ4v) is 1.91. The van der Waals surface area contributed by atoms with Gasteiger partial charge in [0.15, 0.2) is 0 Å². The molecule has 0 unspecified atom stereocenters. The first-order valence-electron chi connectivity index (χ1n) is 6.68. The second kappa shape index (κ2) is 7.12. The number of phenolic OH excluding ortho intramolecular Hbond substituents is 1. The number of carboxylic acid groups (broad SMARTS) is 1. The molecule has 0 fully saturated rings. The Morgan fingerprint density at radius 3 is 2.23 bits per heavy atom. The number of carboxylic acids is 1. The van der Waals surface area contributed by atoms with E-state index in [4.69, 9.17) is 0 Å². The highest BCUT2D eigenvalue weighted by Gasteiger charge is 2.20. The number of aliphatic carboxylic acids is 1. The van der Waals surface area contributed by atoms with E-state index < -0.39 is 18.0 Å². The molecule has 6 heteroatoms. The minimum absolute atomic E-state index is 0.102. The summed E-state index contributed by atoms with van der Waals surface area (Å²) in [4.78, 5) is 23.1. The highest BCUT2D eigenvalue weighted by molar-refractivity contribution is 5.92. The standard InChI is InChI=1S/C16H16N2O4/c19-13-8-6-11(7-9-13)10-14(15(20)21)18-16(22)17-12-4-2-1-3-5-12/h1-9,14,19H,10H2,(H,20,21)(H2,17,18,22)/t14-/m0/s1. The SMILES string of the molecule is O=C(Nc1ccccc1)N[C@@H](Cc1ccc(O)cc1)C(=O)O. The van der Waals surface area contributed by atoms with Crippen LogP contribution in [0.5, 0.6) is 5.75 Å². The van der Waals surface area contributed by atoms with Crippen LogP contribution in [0.15, 0.2) is 54.6 Å². The van der Waals surface area contributed by atoms with E-state index in [1.165, 1.54) is 12.1 Å². The molecule has 0 radical (unpaired) electrons. The summed E-state index contributed by atoms with van der Waals surface area (Å²) in [5.74, 6) is -1.03. The fraction of sp³-hybridized carbons (Fsp3) is 0.125. The van der Waals surface area contributed by atoms with Crippen LogP contribution in [0, 0.1) is 0 Å². The van der Waals surface area contributed by atoms with Crippen molar-refractivity contribution in [2.75, 3.05) is 5.32 Å². The fourth-order valence-electron chi connectivity index (χ4n) is 1.91. The molecule has 114 valence electrons. The van der Waals surface area contributed by atoms with E-state index in [1.807, 2.05) is 6.07 Å². The van der Waals surface area contributed by atoms with Gasteiger partial charge in [0.25, 0.3) is 0 Å². The lowest BCUT2D eigenvalue weighted by molar-refractivity contribution is -0.139. The number of carbonyl (C=O) groups excluding carboxylic acids is 1. The van der Waals surface area contributed by atoms with Crippen LogP contribution in [0.1, 0.15) is 5.56 Å². The van der Waals surface area contributed by atoms with Gasteiger partial charge in [-0.05, 0) is 29.8 Å². The Hall–Kier alpha value is -3.02. The average molecular weight is 300 g/mol. The zero-order chi connectivity index (χ0) is 15.9. The molecule has 22 heavy (non-hydrogen) atoms. The van der Waals surface area contributed by atoms with Crippen LogP contribution in [-0.2, 0) is 11.2 Å². The maximum atomic E-state index is 11.8. The molecule has 0 spiro atoms. The molecule has 0 aromatic heterocycles. The number of phenols is 1. The third-order valence-electron chi connectivity index (χ3n) is 3.01. The minimum Gasteiger partial charge on any atom is -0.508 e. The van der Waals surface area contributed by atoms with Crippen LogP contribution in [0.3, 0.4) is 0 Å². The molecule has 0 aliphatic heterocycles. The Morgan fingerprint density at radius 2 is 1.64 bits per heavy atom. The van der Waals surface area contributed by atoms with Crippen molar-refractivity contribution in [3.8, 4) is 5.75 Å². The van der Waals surface area contributed by atoms with Crippen LogP contribution in [0.2, 0.25) is 0 Å². The van der Waals surface area contributed by atoms with Crippen molar-refractivity contribution in [2.24, 2.45) is 0 Å². The van der Waals surface area contributed by atoms with E-state index in [0.29, 0.717) is 11.3 Å². The van der Waals surface area contributed by atoms with Crippen LogP contribution < -0.4 is 10.6 Å². The summed E-state index contributed by atoms with van der Waals surface area (Å²) >= 11 is 0. The Bertz CT molecular complexity index is 641. The van der Waals surface area contributed by atoms with Gasteiger partial charge in [-0.3, -0.25) is 0 Å². The molecule has 0 saturated carbocycles. The molecular weight excluding hydrogens is 284 g/mol. The first-order valence-corrected chi connectivity index (χ1v) is 6.68. The number of aromatic hydroxyl groups is 1.